The summed E-state index contributed by atoms with van der Waals surface area (Å²) in [4.78, 5) is 25.6. The van der Waals surface area contributed by atoms with Crippen molar-refractivity contribution in [2.45, 2.75) is 18.9 Å². The molecule has 5 nitrogen and oxygen atoms in total. The second-order valence-electron chi connectivity index (χ2n) is 4.91. The number of amides is 2. The molecule has 3 N–H and O–H groups in total. The number of rotatable bonds is 3. The number of halogens is 2. The minimum Gasteiger partial charge on any atom is -0.343 e. The number of nitrogens with one attached hydrogen (secondary N) is 1. The summed E-state index contributed by atoms with van der Waals surface area (Å²) in [6.45, 7) is 1.38. The van der Waals surface area contributed by atoms with E-state index in [9.17, 15) is 9.59 Å². The number of carbonyl (C=O) groups is 2. The summed E-state index contributed by atoms with van der Waals surface area (Å²) in [6.07, 6.45) is 1.65. The van der Waals surface area contributed by atoms with Crippen LogP contribution in [0.1, 0.15) is 23.2 Å². The first-order valence-corrected chi connectivity index (χ1v) is 7.42. The molecule has 0 radical (unpaired) electrons. The Kier molecular flexibility index (Phi) is 7.14. The Morgan fingerprint density at radius 2 is 2.00 bits per heavy atom. The van der Waals surface area contributed by atoms with Gasteiger partial charge in [0.25, 0.3) is 5.91 Å². The Hall–Kier alpha value is -1.11. The van der Waals surface area contributed by atoms with Gasteiger partial charge in [0.05, 0.1) is 6.54 Å². The molecule has 2 amide bonds. The molecule has 7 heteroatoms. The van der Waals surface area contributed by atoms with Crippen molar-refractivity contribution in [3.8, 4) is 0 Å². The van der Waals surface area contributed by atoms with Gasteiger partial charge >= 0.3 is 0 Å². The predicted octanol–water partition coefficient (Wildman–Crippen LogP) is 1.55. The average Bonchev–Trinajstić information content (AvgIpc) is 2.45. The number of benzene rings is 1. The molecule has 1 aromatic rings. The fourth-order valence-corrected chi connectivity index (χ4v) is 2.55. The lowest BCUT2D eigenvalue weighted by Crippen LogP contribution is -2.46. The van der Waals surface area contributed by atoms with Crippen molar-refractivity contribution in [2.24, 2.45) is 5.73 Å². The molecule has 1 aromatic carbocycles. The second kappa shape index (κ2) is 8.36. The summed E-state index contributed by atoms with van der Waals surface area (Å²) in [5.41, 5.74) is 6.33. The second-order valence-corrected chi connectivity index (χ2v) is 5.83. The molecular weight excluding hydrogens is 358 g/mol. The van der Waals surface area contributed by atoms with Crippen LogP contribution in [-0.4, -0.2) is 42.4 Å². The maximum absolute atomic E-state index is 12.0. The van der Waals surface area contributed by atoms with Gasteiger partial charge in [-0.05, 0) is 31.0 Å². The third-order valence-corrected chi connectivity index (χ3v) is 3.87. The van der Waals surface area contributed by atoms with Crippen LogP contribution in [0, 0.1) is 0 Å². The molecule has 0 aromatic heterocycles. The van der Waals surface area contributed by atoms with Gasteiger partial charge < -0.3 is 16.0 Å². The van der Waals surface area contributed by atoms with Crippen LogP contribution in [0.3, 0.4) is 0 Å². The fraction of sp³-hybridized carbons (Fsp3) is 0.429. The molecule has 1 aliphatic rings. The largest absolute Gasteiger partial charge is 0.343 e. The molecule has 1 fully saturated rings. The molecule has 1 aliphatic heterocycles. The van der Waals surface area contributed by atoms with Crippen LogP contribution in [0.5, 0.6) is 0 Å². The van der Waals surface area contributed by atoms with E-state index in [1.54, 1.807) is 23.1 Å². The van der Waals surface area contributed by atoms with E-state index < -0.39 is 0 Å². The lowest BCUT2D eigenvalue weighted by molar-refractivity contribution is -0.131. The minimum absolute atomic E-state index is 0. The van der Waals surface area contributed by atoms with Gasteiger partial charge in [-0.3, -0.25) is 9.59 Å². The predicted molar refractivity (Wildman–Crippen MR) is 87.5 cm³/mol. The van der Waals surface area contributed by atoms with Crippen LogP contribution in [0.25, 0.3) is 0 Å². The van der Waals surface area contributed by atoms with Crippen molar-refractivity contribution in [3.63, 3.8) is 0 Å². The lowest BCUT2D eigenvalue weighted by atomic mass is 10.1. The van der Waals surface area contributed by atoms with Gasteiger partial charge in [-0.1, -0.05) is 22.0 Å². The highest BCUT2D eigenvalue weighted by molar-refractivity contribution is 9.10. The van der Waals surface area contributed by atoms with Crippen molar-refractivity contribution in [1.29, 1.82) is 0 Å². The molecule has 2 rings (SSSR count). The van der Waals surface area contributed by atoms with E-state index in [2.05, 4.69) is 21.2 Å². The van der Waals surface area contributed by atoms with Gasteiger partial charge in [0, 0.05) is 29.2 Å². The zero-order chi connectivity index (χ0) is 14.5. The number of piperidine rings is 1. The van der Waals surface area contributed by atoms with Crippen molar-refractivity contribution in [1.82, 2.24) is 10.2 Å². The van der Waals surface area contributed by atoms with Crippen LogP contribution in [-0.2, 0) is 4.79 Å². The summed E-state index contributed by atoms with van der Waals surface area (Å²) in [6, 6.07) is 7.26. The molecule has 0 aliphatic carbocycles. The van der Waals surface area contributed by atoms with Crippen LogP contribution >= 0.6 is 28.3 Å². The number of nitrogens with zero attached hydrogens (tertiary/aromatic N) is 1. The third-order valence-electron chi connectivity index (χ3n) is 3.38. The molecule has 21 heavy (non-hydrogen) atoms. The first-order chi connectivity index (χ1) is 9.56. The van der Waals surface area contributed by atoms with Gasteiger partial charge in [-0.15, -0.1) is 12.4 Å². The van der Waals surface area contributed by atoms with Gasteiger partial charge in [-0.2, -0.15) is 0 Å². The maximum Gasteiger partial charge on any atom is 0.251 e. The zero-order valence-corrected chi connectivity index (χ0v) is 14.0. The zero-order valence-electron chi connectivity index (χ0n) is 11.5. The summed E-state index contributed by atoms with van der Waals surface area (Å²) >= 11 is 3.31. The Morgan fingerprint density at radius 1 is 1.33 bits per heavy atom. The van der Waals surface area contributed by atoms with Crippen molar-refractivity contribution in [2.75, 3.05) is 19.6 Å². The Bertz CT molecular complexity index is 505. The highest BCUT2D eigenvalue weighted by atomic mass is 79.9. The third kappa shape index (κ3) is 5.30. The minimum atomic E-state index is -0.242. The van der Waals surface area contributed by atoms with E-state index in [0.29, 0.717) is 18.7 Å². The van der Waals surface area contributed by atoms with E-state index >= 15 is 0 Å². The van der Waals surface area contributed by atoms with E-state index in [1.165, 1.54) is 0 Å². The number of hydrogen-bond donors (Lipinski definition) is 2. The maximum atomic E-state index is 12.0. The van der Waals surface area contributed by atoms with E-state index in [4.69, 9.17) is 5.73 Å². The van der Waals surface area contributed by atoms with Gasteiger partial charge in [0.2, 0.25) is 5.91 Å². The molecule has 1 saturated heterocycles. The van der Waals surface area contributed by atoms with E-state index in [1.807, 2.05) is 6.07 Å². The summed E-state index contributed by atoms with van der Waals surface area (Å²) < 4.78 is 0.835. The Labute approximate surface area is 138 Å². The van der Waals surface area contributed by atoms with E-state index in [0.717, 1.165) is 17.3 Å². The molecule has 0 saturated carbocycles. The number of hydrogen-bond acceptors (Lipinski definition) is 3. The fourth-order valence-electron chi connectivity index (χ4n) is 2.15. The molecule has 0 spiro atoms. The first kappa shape index (κ1) is 17.9. The molecule has 1 heterocycles. The molecule has 0 bridgehead atoms. The van der Waals surface area contributed by atoms with Crippen LogP contribution in [0.2, 0.25) is 0 Å². The summed E-state index contributed by atoms with van der Waals surface area (Å²) in [7, 11) is 0. The van der Waals surface area contributed by atoms with Gasteiger partial charge in [-0.25, -0.2) is 0 Å². The quantitative estimate of drug-likeness (QED) is 0.840. The van der Waals surface area contributed by atoms with Crippen molar-refractivity contribution in [3.05, 3.63) is 34.3 Å². The highest BCUT2D eigenvalue weighted by Gasteiger charge is 2.20. The SMILES string of the molecule is Cl.NC1CCN(C(=O)CNC(=O)c2cccc(Br)c2)CC1. The number of likely N-dealkylation sites (tertiary alicyclic amines) is 1. The topological polar surface area (TPSA) is 75.4 Å². The molecule has 0 atom stereocenters. The van der Waals surface area contributed by atoms with Crippen LogP contribution < -0.4 is 11.1 Å². The summed E-state index contributed by atoms with van der Waals surface area (Å²) in [5, 5.41) is 2.65. The summed E-state index contributed by atoms with van der Waals surface area (Å²) in [5.74, 6) is -0.298. The molecular formula is C14H19BrClN3O2. The smallest absolute Gasteiger partial charge is 0.251 e. The van der Waals surface area contributed by atoms with E-state index in [-0.39, 0.29) is 36.8 Å². The standard InChI is InChI=1S/C14H18BrN3O2.ClH/c15-11-3-1-2-10(8-11)14(20)17-9-13(19)18-6-4-12(16)5-7-18;/h1-3,8,12H,4-7,9,16H2,(H,17,20);1H. The Morgan fingerprint density at radius 3 is 2.62 bits per heavy atom. The molecule has 116 valence electrons. The van der Waals surface area contributed by atoms with Gasteiger partial charge in [0.1, 0.15) is 0 Å². The first-order valence-electron chi connectivity index (χ1n) is 6.63. The normalized spacial score (nSPS) is 15.2. The Balaban J connectivity index is 0.00000220. The van der Waals surface area contributed by atoms with Crippen molar-refractivity contribution >= 4 is 40.2 Å². The van der Waals surface area contributed by atoms with Crippen molar-refractivity contribution < 1.29 is 9.59 Å². The number of nitrogens with two attached hydrogens (primary N) is 1. The lowest BCUT2D eigenvalue weighted by Gasteiger charge is -2.30. The monoisotopic (exact) mass is 375 g/mol. The highest BCUT2D eigenvalue weighted by Crippen LogP contribution is 2.11. The number of carbonyl (C=O) groups excluding carboxylic acids is 2. The average molecular weight is 377 g/mol. The molecule has 0 unspecified atom stereocenters. The van der Waals surface area contributed by atoms with Crippen LogP contribution in [0.15, 0.2) is 28.7 Å². The van der Waals surface area contributed by atoms with Crippen LogP contribution in [0.4, 0.5) is 0 Å². The van der Waals surface area contributed by atoms with Gasteiger partial charge in [0.15, 0.2) is 0 Å².